The number of hydrogen-bond donors (Lipinski definition) is 1. The minimum absolute atomic E-state index is 0.152. The van der Waals surface area contributed by atoms with Crippen LogP contribution >= 0.6 is 11.5 Å². The standard InChI is InChI=1S/C16H10F3N3OS/c17-16(18,19)12-5-1-11(2-6-12)15(23)21-13-7-3-10(4-8-13)14-9-20-22-24-14/h1-9H,(H,21,23). The topological polar surface area (TPSA) is 54.9 Å². The molecule has 1 aromatic heterocycles. The van der Waals surface area contributed by atoms with Crippen LogP contribution in [-0.2, 0) is 6.18 Å². The Bertz CT molecular complexity index is 829. The summed E-state index contributed by atoms with van der Waals surface area (Å²) in [6.45, 7) is 0. The number of nitrogens with zero attached hydrogens (tertiary/aromatic N) is 2. The minimum Gasteiger partial charge on any atom is -0.322 e. The summed E-state index contributed by atoms with van der Waals surface area (Å²) in [7, 11) is 0. The molecule has 0 radical (unpaired) electrons. The van der Waals surface area contributed by atoms with Crippen molar-refractivity contribution in [3.8, 4) is 10.4 Å². The first kappa shape index (κ1) is 16.1. The number of rotatable bonds is 3. The van der Waals surface area contributed by atoms with E-state index in [9.17, 15) is 18.0 Å². The van der Waals surface area contributed by atoms with Crippen molar-refractivity contribution in [1.29, 1.82) is 0 Å². The van der Waals surface area contributed by atoms with Crippen LogP contribution in [0.2, 0.25) is 0 Å². The van der Waals surface area contributed by atoms with Crippen molar-refractivity contribution in [2.45, 2.75) is 6.18 Å². The molecule has 0 bridgehead atoms. The zero-order chi connectivity index (χ0) is 17.2. The van der Waals surface area contributed by atoms with Crippen LogP contribution in [0.5, 0.6) is 0 Å². The lowest BCUT2D eigenvalue weighted by Crippen LogP contribution is -2.12. The van der Waals surface area contributed by atoms with E-state index < -0.39 is 17.6 Å². The SMILES string of the molecule is O=C(Nc1ccc(-c2cnns2)cc1)c1ccc(C(F)(F)F)cc1. The molecule has 0 fully saturated rings. The van der Waals surface area contributed by atoms with Gasteiger partial charge in [0, 0.05) is 11.3 Å². The molecule has 0 saturated carbocycles. The molecule has 2 aromatic carbocycles. The van der Waals surface area contributed by atoms with Crippen LogP contribution in [0.4, 0.5) is 18.9 Å². The number of carbonyl (C=O) groups is 1. The summed E-state index contributed by atoms with van der Waals surface area (Å²) in [6.07, 6.45) is -2.78. The van der Waals surface area contributed by atoms with Gasteiger partial charge in [0.05, 0.1) is 16.6 Å². The molecule has 1 heterocycles. The second kappa shape index (κ2) is 6.40. The van der Waals surface area contributed by atoms with E-state index >= 15 is 0 Å². The van der Waals surface area contributed by atoms with Crippen LogP contribution in [0, 0.1) is 0 Å². The van der Waals surface area contributed by atoms with E-state index in [0.29, 0.717) is 5.69 Å². The third-order valence-electron chi connectivity index (χ3n) is 3.26. The Morgan fingerprint density at radius 1 is 1.00 bits per heavy atom. The molecule has 0 spiro atoms. The van der Waals surface area contributed by atoms with Crippen molar-refractivity contribution >= 4 is 23.1 Å². The summed E-state index contributed by atoms with van der Waals surface area (Å²) in [5.74, 6) is -0.476. The van der Waals surface area contributed by atoms with Gasteiger partial charge in [0.2, 0.25) is 0 Å². The van der Waals surface area contributed by atoms with Crippen LogP contribution in [0.1, 0.15) is 15.9 Å². The number of benzene rings is 2. The maximum Gasteiger partial charge on any atom is 0.416 e. The maximum absolute atomic E-state index is 12.5. The molecule has 1 amide bonds. The summed E-state index contributed by atoms with van der Waals surface area (Å²) in [5, 5.41) is 6.39. The van der Waals surface area contributed by atoms with Crippen molar-refractivity contribution in [2.24, 2.45) is 0 Å². The van der Waals surface area contributed by atoms with Gasteiger partial charge in [0.25, 0.3) is 5.91 Å². The molecule has 3 rings (SSSR count). The van der Waals surface area contributed by atoms with E-state index in [1.807, 2.05) is 0 Å². The first-order chi connectivity index (χ1) is 11.4. The molecule has 0 atom stereocenters. The predicted molar refractivity (Wildman–Crippen MR) is 84.7 cm³/mol. The van der Waals surface area contributed by atoms with E-state index in [1.165, 1.54) is 11.5 Å². The largest absolute Gasteiger partial charge is 0.416 e. The van der Waals surface area contributed by atoms with Gasteiger partial charge in [-0.1, -0.05) is 16.6 Å². The fourth-order valence-electron chi connectivity index (χ4n) is 2.03. The molecule has 0 saturated heterocycles. The number of amides is 1. The molecule has 4 nitrogen and oxygen atoms in total. The van der Waals surface area contributed by atoms with Gasteiger partial charge in [-0.25, -0.2) is 0 Å². The van der Waals surface area contributed by atoms with Gasteiger partial charge < -0.3 is 5.32 Å². The summed E-state index contributed by atoms with van der Waals surface area (Å²) in [6, 6.07) is 11.1. The van der Waals surface area contributed by atoms with Gasteiger partial charge >= 0.3 is 6.18 Å². The molecule has 24 heavy (non-hydrogen) atoms. The van der Waals surface area contributed by atoms with Crippen molar-refractivity contribution in [2.75, 3.05) is 5.32 Å². The van der Waals surface area contributed by atoms with E-state index in [4.69, 9.17) is 0 Å². The van der Waals surface area contributed by atoms with Gasteiger partial charge in [-0.2, -0.15) is 13.2 Å². The maximum atomic E-state index is 12.5. The fraction of sp³-hybridized carbons (Fsp3) is 0.0625. The minimum atomic E-state index is -4.42. The van der Waals surface area contributed by atoms with Crippen LogP contribution in [0.3, 0.4) is 0 Å². The second-order valence-electron chi connectivity index (χ2n) is 4.89. The van der Waals surface area contributed by atoms with Crippen molar-refractivity contribution in [1.82, 2.24) is 9.59 Å². The first-order valence-electron chi connectivity index (χ1n) is 6.80. The van der Waals surface area contributed by atoms with Crippen molar-refractivity contribution in [3.63, 3.8) is 0 Å². The molecule has 3 aromatic rings. The predicted octanol–water partition coefficient (Wildman–Crippen LogP) is 4.48. The monoisotopic (exact) mass is 349 g/mol. The van der Waals surface area contributed by atoms with Crippen LogP contribution < -0.4 is 5.32 Å². The lowest BCUT2D eigenvalue weighted by molar-refractivity contribution is -0.137. The highest BCUT2D eigenvalue weighted by atomic mass is 32.1. The number of aromatic nitrogens is 2. The fourth-order valence-corrected chi connectivity index (χ4v) is 2.54. The van der Waals surface area contributed by atoms with Gasteiger partial charge in [0.15, 0.2) is 0 Å². The molecule has 0 aliphatic heterocycles. The van der Waals surface area contributed by atoms with E-state index in [1.54, 1.807) is 30.5 Å². The third kappa shape index (κ3) is 3.60. The zero-order valence-electron chi connectivity index (χ0n) is 12.0. The van der Waals surface area contributed by atoms with Gasteiger partial charge in [-0.05, 0) is 53.5 Å². The van der Waals surface area contributed by atoms with Crippen molar-refractivity contribution < 1.29 is 18.0 Å². The lowest BCUT2D eigenvalue weighted by atomic mass is 10.1. The lowest BCUT2D eigenvalue weighted by Gasteiger charge is -2.08. The second-order valence-corrected chi connectivity index (χ2v) is 5.67. The first-order valence-corrected chi connectivity index (χ1v) is 7.57. The molecule has 1 N–H and O–H groups in total. The number of hydrogen-bond acceptors (Lipinski definition) is 4. The Labute approximate surface area is 139 Å². The third-order valence-corrected chi connectivity index (χ3v) is 3.98. The van der Waals surface area contributed by atoms with Crippen LogP contribution in [-0.4, -0.2) is 15.5 Å². The van der Waals surface area contributed by atoms with E-state index in [2.05, 4.69) is 14.9 Å². The number of anilines is 1. The van der Waals surface area contributed by atoms with E-state index in [-0.39, 0.29) is 5.56 Å². The Morgan fingerprint density at radius 2 is 1.67 bits per heavy atom. The number of alkyl halides is 3. The zero-order valence-corrected chi connectivity index (χ0v) is 12.9. The molecule has 8 heteroatoms. The summed E-state index contributed by atoms with van der Waals surface area (Å²) in [5.41, 5.74) is 0.818. The molecule has 0 unspecified atom stereocenters. The van der Waals surface area contributed by atoms with Gasteiger partial charge in [-0.15, -0.1) is 5.10 Å². The van der Waals surface area contributed by atoms with Crippen LogP contribution in [0.15, 0.2) is 54.7 Å². The molecular weight excluding hydrogens is 339 g/mol. The summed E-state index contributed by atoms with van der Waals surface area (Å²) >= 11 is 1.26. The quantitative estimate of drug-likeness (QED) is 0.759. The number of halogens is 3. The highest BCUT2D eigenvalue weighted by Gasteiger charge is 2.30. The number of nitrogens with one attached hydrogen (secondary N) is 1. The smallest absolute Gasteiger partial charge is 0.322 e. The molecule has 0 aliphatic rings. The Hall–Kier alpha value is -2.74. The summed E-state index contributed by atoms with van der Waals surface area (Å²) < 4.78 is 41.3. The normalized spacial score (nSPS) is 11.3. The van der Waals surface area contributed by atoms with E-state index in [0.717, 1.165) is 34.7 Å². The Kier molecular flexibility index (Phi) is 4.30. The highest BCUT2D eigenvalue weighted by Crippen LogP contribution is 2.29. The Morgan fingerprint density at radius 3 is 2.21 bits per heavy atom. The van der Waals surface area contributed by atoms with Crippen molar-refractivity contribution in [3.05, 3.63) is 65.9 Å². The molecular formula is C16H10F3N3OS. The Balaban J connectivity index is 1.70. The van der Waals surface area contributed by atoms with Gasteiger partial charge in [0.1, 0.15) is 0 Å². The number of carbonyl (C=O) groups excluding carboxylic acids is 1. The molecule has 0 aliphatic carbocycles. The highest BCUT2D eigenvalue weighted by molar-refractivity contribution is 7.09. The summed E-state index contributed by atoms with van der Waals surface area (Å²) in [4.78, 5) is 13.0. The van der Waals surface area contributed by atoms with Gasteiger partial charge in [-0.3, -0.25) is 4.79 Å². The van der Waals surface area contributed by atoms with Crippen LogP contribution in [0.25, 0.3) is 10.4 Å². The average Bonchev–Trinajstić information content (AvgIpc) is 3.09. The molecule has 122 valence electrons. The average molecular weight is 349 g/mol.